The zero-order chi connectivity index (χ0) is 20.4. The number of amides is 2. The molecule has 3 N–H and O–H groups in total. The van der Waals surface area contributed by atoms with Crippen molar-refractivity contribution in [2.75, 3.05) is 18.4 Å². The minimum absolute atomic E-state index is 0.0449. The minimum Gasteiger partial charge on any atom is -0.368 e. The van der Waals surface area contributed by atoms with Crippen LogP contribution in [0.15, 0.2) is 30.3 Å². The molecule has 2 heterocycles. The number of benzene rings is 1. The Bertz CT molecular complexity index is 938. The Labute approximate surface area is 174 Å². The van der Waals surface area contributed by atoms with Gasteiger partial charge >= 0.3 is 0 Å². The molecule has 0 saturated carbocycles. The molecule has 2 aliphatic rings. The van der Waals surface area contributed by atoms with Crippen LogP contribution in [0.4, 0.5) is 5.00 Å². The van der Waals surface area contributed by atoms with Crippen LogP contribution in [-0.2, 0) is 22.4 Å². The lowest BCUT2D eigenvalue weighted by Crippen LogP contribution is -2.43. The van der Waals surface area contributed by atoms with Crippen LogP contribution in [0.1, 0.15) is 52.0 Å². The number of nitrogens with zero attached hydrogens (tertiary/aromatic N) is 1. The van der Waals surface area contributed by atoms with Crippen molar-refractivity contribution >= 4 is 33.9 Å². The number of carbonyl (C=O) groups excluding carboxylic acids is 3. The molecule has 29 heavy (non-hydrogen) atoms. The number of aryl methyl sites for hydroxylation is 1. The molecular formula is C22H25N3O3S. The smallest absolute Gasteiger partial charge is 0.239 e. The minimum atomic E-state index is -0.387. The molecule has 152 valence electrons. The number of rotatable bonds is 6. The number of nitrogens with one attached hydrogen (secondary N) is 1. The Morgan fingerprint density at radius 2 is 1.86 bits per heavy atom. The first-order valence-electron chi connectivity index (χ1n) is 10.1. The first-order valence-corrected chi connectivity index (χ1v) is 10.9. The van der Waals surface area contributed by atoms with Crippen LogP contribution in [0.25, 0.3) is 0 Å². The summed E-state index contributed by atoms with van der Waals surface area (Å²) in [5.74, 6) is -0.642. The van der Waals surface area contributed by atoms with Crippen LogP contribution in [0.3, 0.4) is 0 Å². The number of nitrogens with two attached hydrogens (primary N) is 1. The molecule has 0 spiro atoms. The van der Waals surface area contributed by atoms with Crippen molar-refractivity contribution in [1.29, 1.82) is 0 Å². The number of hydrogen-bond donors (Lipinski definition) is 2. The van der Waals surface area contributed by atoms with E-state index < -0.39 is 0 Å². The largest absolute Gasteiger partial charge is 0.368 e. The number of thiophene rings is 1. The normalized spacial score (nSPS) is 19.0. The summed E-state index contributed by atoms with van der Waals surface area (Å²) >= 11 is 1.52. The second-order valence-corrected chi connectivity index (χ2v) is 8.79. The molecule has 1 atom stereocenters. The van der Waals surface area contributed by atoms with E-state index in [1.807, 2.05) is 35.2 Å². The van der Waals surface area contributed by atoms with E-state index in [9.17, 15) is 14.4 Å². The summed E-state index contributed by atoms with van der Waals surface area (Å²) in [6, 6.07) is 8.81. The topological polar surface area (TPSA) is 92.5 Å². The third-order valence-corrected chi connectivity index (χ3v) is 6.93. The van der Waals surface area contributed by atoms with E-state index in [0.29, 0.717) is 29.1 Å². The van der Waals surface area contributed by atoms with Gasteiger partial charge < -0.3 is 11.1 Å². The highest BCUT2D eigenvalue weighted by molar-refractivity contribution is 7.17. The van der Waals surface area contributed by atoms with Crippen molar-refractivity contribution in [2.24, 2.45) is 5.73 Å². The van der Waals surface area contributed by atoms with Crippen molar-refractivity contribution in [1.82, 2.24) is 4.90 Å². The molecule has 1 aliphatic heterocycles. The van der Waals surface area contributed by atoms with Crippen LogP contribution in [0, 0.1) is 0 Å². The van der Waals surface area contributed by atoms with Gasteiger partial charge in [0.1, 0.15) is 5.00 Å². The van der Waals surface area contributed by atoms with E-state index in [0.717, 1.165) is 37.7 Å². The van der Waals surface area contributed by atoms with Gasteiger partial charge in [-0.15, -0.1) is 11.3 Å². The zero-order valence-electron chi connectivity index (χ0n) is 16.3. The van der Waals surface area contributed by atoms with Gasteiger partial charge in [0.2, 0.25) is 11.8 Å². The lowest BCUT2D eigenvalue weighted by atomic mass is 9.92. The Morgan fingerprint density at radius 1 is 1.10 bits per heavy atom. The molecule has 4 rings (SSSR count). The molecular weight excluding hydrogens is 386 g/mol. The second-order valence-electron chi connectivity index (χ2n) is 7.69. The number of carbonyl (C=O) groups is 3. The van der Waals surface area contributed by atoms with E-state index in [2.05, 4.69) is 5.32 Å². The summed E-state index contributed by atoms with van der Waals surface area (Å²) in [5.41, 5.74) is 7.80. The maximum atomic E-state index is 13.3. The summed E-state index contributed by atoms with van der Waals surface area (Å²) in [7, 11) is 0. The molecule has 1 fully saturated rings. The molecule has 7 heteroatoms. The number of hydrogen-bond acceptors (Lipinski definition) is 5. The van der Waals surface area contributed by atoms with Gasteiger partial charge in [0.15, 0.2) is 5.78 Å². The lowest BCUT2D eigenvalue weighted by molar-refractivity contribution is -0.123. The van der Waals surface area contributed by atoms with Crippen LogP contribution in [-0.4, -0.2) is 41.6 Å². The van der Waals surface area contributed by atoms with Crippen LogP contribution < -0.4 is 11.1 Å². The number of anilines is 1. The zero-order valence-corrected chi connectivity index (χ0v) is 17.1. The third-order valence-electron chi connectivity index (χ3n) is 5.73. The molecule has 1 aromatic heterocycles. The fourth-order valence-corrected chi connectivity index (χ4v) is 5.62. The third kappa shape index (κ3) is 4.11. The summed E-state index contributed by atoms with van der Waals surface area (Å²) in [6.07, 6.45) is 5.51. The molecule has 2 aromatic rings. The summed E-state index contributed by atoms with van der Waals surface area (Å²) in [4.78, 5) is 40.6. The first-order chi connectivity index (χ1) is 14.0. The fourth-order valence-electron chi connectivity index (χ4n) is 4.32. The van der Waals surface area contributed by atoms with Crippen molar-refractivity contribution in [3.63, 3.8) is 0 Å². The van der Waals surface area contributed by atoms with Gasteiger partial charge in [-0.3, -0.25) is 19.3 Å². The summed E-state index contributed by atoms with van der Waals surface area (Å²) < 4.78 is 0. The van der Waals surface area contributed by atoms with Gasteiger partial charge in [0.05, 0.1) is 18.2 Å². The number of fused-ring (bicyclic) bond motifs is 1. The van der Waals surface area contributed by atoms with Crippen LogP contribution >= 0.6 is 11.3 Å². The van der Waals surface area contributed by atoms with E-state index in [4.69, 9.17) is 5.73 Å². The highest BCUT2D eigenvalue weighted by Crippen LogP contribution is 2.39. The lowest BCUT2D eigenvalue weighted by Gasteiger charge is -2.21. The summed E-state index contributed by atoms with van der Waals surface area (Å²) in [5, 5.41) is 3.60. The molecule has 1 aromatic carbocycles. The fraction of sp³-hybridized carbons (Fsp3) is 0.409. The predicted octanol–water partition coefficient (Wildman–Crippen LogP) is 2.75. The molecule has 2 amide bonds. The maximum absolute atomic E-state index is 13.3. The number of likely N-dealkylation sites (tertiary alicyclic amines) is 1. The van der Waals surface area contributed by atoms with Crippen molar-refractivity contribution in [3.05, 3.63) is 51.9 Å². The first kappa shape index (κ1) is 19.8. The van der Waals surface area contributed by atoms with Gasteiger partial charge in [-0.05, 0) is 50.6 Å². The van der Waals surface area contributed by atoms with E-state index in [1.54, 1.807) is 0 Å². The van der Waals surface area contributed by atoms with E-state index in [-0.39, 0.29) is 30.2 Å². The van der Waals surface area contributed by atoms with Gasteiger partial charge in [0.25, 0.3) is 0 Å². The van der Waals surface area contributed by atoms with E-state index in [1.165, 1.54) is 16.2 Å². The van der Waals surface area contributed by atoms with Gasteiger partial charge in [-0.1, -0.05) is 30.3 Å². The quantitative estimate of drug-likeness (QED) is 0.715. The maximum Gasteiger partial charge on any atom is 0.239 e. The van der Waals surface area contributed by atoms with E-state index >= 15 is 0 Å². The highest BCUT2D eigenvalue weighted by atomic mass is 32.1. The van der Waals surface area contributed by atoms with Crippen LogP contribution in [0.5, 0.6) is 0 Å². The molecule has 1 unspecified atom stereocenters. The average Bonchev–Trinajstić information content (AvgIpc) is 3.32. The van der Waals surface area contributed by atoms with Gasteiger partial charge in [-0.2, -0.15) is 0 Å². The predicted molar refractivity (Wildman–Crippen MR) is 113 cm³/mol. The summed E-state index contributed by atoms with van der Waals surface area (Å²) in [6.45, 7) is 0.785. The molecule has 1 aliphatic carbocycles. The van der Waals surface area contributed by atoms with Crippen molar-refractivity contribution < 1.29 is 14.4 Å². The Balaban J connectivity index is 1.58. The Morgan fingerprint density at radius 3 is 2.62 bits per heavy atom. The second kappa shape index (κ2) is 8.47. The van der Waals surface area contributed by atoms with Gasteiger partial charge in [0, 0.05) is 10.4 Å². The van der Waals surface area contributed by atoms with Crippen molar-refractivity contribution in [3.8, 4) is 0 Å². The van der Waals surface area contributed by atoms with Crippen molar-refractivity contribution in [2.45, 2.75) is 44.6 Å². The SMILES string of the molecule is NC(=O)C1CCCN1CC(=O)Nc1sc2c(c1C(=O)c1ccccc1)CCCC2. The molecule has 1 saturated heterocycles. The molecule has 6 nitrogen and oxygen atoms in total. The van der Waals surface area contributed by atoms with Crippen LogP contribution in [0.2, 0.25) is 0 Å². The number of primary amides is 1. The average molecular weight is 412 g/mol. The van der Waals surface area contributed by atoms with Gasteiger partial charge in [-0.25, -0.2) is 0 Å². The molecule has 0 radical (unpaired) electrons. The highest BCUT2D eigenvalue weighted by Gasteiger charge is 2.31. The number of ketones is 1. The monoisotopic (exact) mass is 411 g/mol. The Kier molecular flexibility index (Phi) is 5.78. The Hall–Kier alpha value is -2.51. The standard InChI is InChI=1S/C22H25N3O3S/c23-21(28)16-10-6-12-25(16)13-18(26)24-22-19(15-9-4-5-11-17(15)29-22)20(27)14-7-2-1-3-8-14/h1-3,7-8,16H,4-6,9-13H2,(H2,23,28)(H,24,26). The molecule has 0 bridgehead atoms.